The minimum absolute atomic E-state index is 1.12. The van der Waals surface area contributed by atoms with Gasteiger partial charge >= 0.3 is 6.41 Å². The first-order valence-corrected chi connectivity index (χ1v) is 2.34. The topological polar surface area (TPSA) is 44.8 Å². The largest absolute Gasteiger partial charge is 0.334 e. The summed E-state index contributed by atoms with van der Waals surface area (Å²) >= 11 is 0. The fourth-order valence-corrected chi connectivity index (χ4v) is 0.411. The lowest BCUT2D eigenvalue weighted by Gasteiger charge is -2.18. The van der Waals surface area contributed by atoms with Crippen LogP contribution in [-0.4, -0.2) is 23.6 Å². The van der Waals surface area contributed by atoms with Crippen molar-refractivity contribution in [1.29, 1.82) is 0 Å². The van der Waals surface area contributed by atoms with Crippen molar-refractivity contribution in [2.24, 2.45) is 0 Å². The molecular formula is C4H6N3O2. The monoisotopic (exact) mass is 128 g/mol. The van der Waals surface area contributed by atoms with Gasteiger partial charge in [-0.25, -0.2) is 10.5 Å². The van der Waals surface area contributed by atoms with E-state index in [-0.39, 0.29) is 0 Å². The number of nitrogens with zero attached hydrogens (tertiary/aromatic N) is 2. The van der Waals surface area contributed by atoms with Gasteiger partial charge in [0.2, 0.25) is 0 Å². The molecule has 1 heterocycles. The third kappa shape index (κ3) is 1.11. The Bertz CT molecular complexity index is 136. The lowest BCUT2D eigenvalue weighted by Crippen LogP contribution is -2.33. The normalized spacial score (nSPS) is 15.4. The van der Waals surface area contributed by atoms with Gasteiger partial charge in [-0.3, -0.25) is 4.79 Å². The first-order valence-electron chi connectivity index (χ1n) is 2.34. The van der Waals surface area contributed by atoms with Crippen LogP contribution in [0.15, 0.2) is 12.4 Å². The second kappa shape index (κ2) is 2.36. The summed E-state index contributed by atoms with van der Waals surface area (Å²) in [6.07, 6.45) is 4.70. The van der Waals surface area contributed by atoms with Gasteiger partial charge in [-0.15, -0.1) is 10.1 Å². The molecule has 1 aliphatic heterocycles. The van der Waals surface area contributed by atoms with Crippen LogP contribution in [0.5, 0.6) is 0 Å². The Morgan fingerprint density at radius 2 is 2.67 bits per heavy atom. The Morgan fingerprint density at radius 1 is 1.89 bits per heavy atom. The Balaban J connectivity index is 2.42. The quantitative estimate of drug-likeness (QED) is 0.491. The van der Waals surface area contributed by atoms with Crippen LogP contribution in [0.25, 0.3) is 0 Å². The van der Waals surface area contributed by atoms with E-state index in [0.717, 1.165) is 5.01 Å². The molecular weight excluding hydrogens is 122 g/mol. The molecule has 1 aliphatic rings. The van der Waals surface area contributed by atoms with Crippen molar-refractivity contribution in [3.63, 3.8) is 0 Å². The van der Waals surface area contributed by atoms with Gasteiger partial charge in [-0.1, -0.05) is 0 Å². The smallest absolute Gasteiger partial charge is 0.261 e. The Kier molecular flexibility index (Phi) is 1.55. The molecule has 0 fully saturated rings. The minimum Gasteiger partial charge on any atom is -0.261 e. The zero-order valence-corrected chi connectivity index (χ0v) is 4.87. The van der Waals surface area contributed by atoms with Gasteiger partial charge in [0.05, 0.1) is 6.20 Å². The molecule has 5 heteroatoms. The summed E-state index contributed by atoms with van der Waals surface area (Å²) in [5, 5.41) is 2.32. The summed E-state index contributed by atoms with van der Waals surface area (Å²) in [6, 6.07) is 0. The van der Waals surface area contributed by atoms with Crippen LogP contribution in [0.4, 0.5) is 0 Å². The number of hydrogen-bond donors (Lipinski definition) is 1. The molecule has 0 aliphatic carbocycles. The third-order valence-electron chi connectivity index (χ3n) is 0.844. The van der Waals surface area contributed by atoms with E-state index in [2.05, 4.69) is 10.4 Å². The van der Waals surface area contributed by atoms with Crippen molar-refractivity contribution in [2.45, 2.75) is 0 Å². The molecule has 0 atom stereocenters. The molecule has 0 aromatic carbocycles. The maximum atomic E-state index is 9.91. The van der Waals surface area contributed by atoms with Crippen LogP contribution in [0.3, 0.4) is 0 Å². The van der Waals surface area contributed by atoms with Crippen molar-refractivity contribution in [3.8, 4) is 0 Å². The highest BCUT2D eigenvalue weighted by atomic mass is 16.8. The number of nitrogens with one attached hydrogen (secondary N) is 1. The molecule has 1 radical (unpaired) electrons. The van der Waals surface area contributed by atoms with Crippen LogP contribution in [0.2, 0.25) is 0 Å². The second-order valence-corrected chi connectivity index (χ2v) is 1.44. The lowest BCUT2D eigenvalue weighted by molar-refractivity contribution is -0.227. The summed E-state index contributed by atoms with van der Waals surface area (Å²) in [7, 11) is 1.52. The predicted octanol–water partition coefficient (Wildman–Crippen LogP) is -0.877. The number of amides is 1. The first kappa shape index (κ1) is 5.90. The molecule has 0 unspecified atom stereocenters. The molecule has 0 aromatic rings. The highest BCUT2D eigenvalue weighted by Crippen LogP contribution is 1.96. The summed E-state index contributed by atoms with van der Waals surface area (Å²) in [5.74, 6) is 0. The Labute approximate surface area is 52.4 Å². The Morgan fingerprint density at radius 3 is 3.11 bits per heavy atom. The van der Waals surface area contributed by atoms with E-state index >= 15 is 0 Å². The van der Waals surface area contributed by atoms with E-state index < -0.39 is 0 Å². The van der Waals surface area contributed by atoms with Gasteiger partial charge < -0.3 is 0 Å². The van der Waals surface area contributed by atoms with E-state index in [1.807, 2.05) is 0 Å². The van der Waals surface area contributed by atoms with Crippen LogP contribution in [0, 0.1) is 0 Å². The molecule has 1 rings (SSSR count). The molecule has 1 amide bonds. The van der Waals surface area contributed by atoms with Gasteiger partial charge in [-0.05, 0) is 0 Å². The zero-order chi connectivity index (χ0) is 6.69. The highest BCUT2D eigenvalue weighted by molar-refractivity contribution is 5.46. The fraction of sp³-hybridized carbons (Fsp3) is 0.250. The van der Waals surface area contributed by atoms with Crippen LogP contribution in [0.1, 0.15) is 0 Å². The molecule has 9 heavy (non-hydrogen) atoms. The molecule has 0 saturated heterocycles. The number of rotatable bonds is 2. The number of hydrazine groups is 1. The van der Waals surface area contributed by atoms with Crippen LogP contribution >= 0.6 is 0 Å². The highest BCUT2D eigenvalue weighted by Gasteiger charge is 2.08. The number of hydroxylamine groups is 2. The predicted molar refractivity (Wildman–Crippen MR) is 28.7 cm³/mol. The molecule has 5 nitrogen and oxygen atoms in total. The van der Waals surface area contributed by atoms with Gasteiger partial charge in [0.1, 0.15) is 0 Å². The summed E-state index contributed by atoms with van der Waals surface area (Å²) in [4.78, 5) is 14.6. The van der Waals surface area contributed by atoms with E-state index in [0.29, 0.717) is 0 Å². The average molecular weight is 128 g/mol. The minimum atomic E-state index is 1.12. The van der Waals surface area contributed by atoms with Crippen molar-refractivity contribution in [2.75, 3.05) is 7.05 Å². The van der Waals surface area contributed by atoms with E-state index in [4.69, 9.17) is 0 Å². The Hall–Kier alpha value is -1.23. The molecule has 0 saturated carbocycles. The second-order valence-electron chi connectivity index (χ2n) is 1.44. The molecule has 1 N–H and O–H groups in total. The summed E-state index contributed by atoms with van der Waals surface area (Å²) in [6.45, 7) is 0. The number of hydrogen-bond acceptors (Lipinski definition) is 4. The molecule has 49 valence electrons. The maximum absolute atomic E-state index is 9.91. The third-order valence-corrected chi connectivity index (χ3v) is 0.844. The molecule has 0 spiro atoms. The van der Waals surface area contributed by atoms with Gasteiger partial charge in [0.15, 0.2) is 0 Å². The summed E-state index contributed by atoms with van der Waals surface area (Å²) in [5.41, 5.74) is 2.41. The zero-order valence-electron chi connectivity index (χ0n) is 4.87. The standard InChI is InChI=1S/C4H6N3O2/c1-6(4-8)7-3-2-5-9-7/h2-3,5H,1H3. The van der Waals surface area contributed by atoms with Crippen molar-refractivity contribution < 1.29 is 9.73 Å². The van der Waals surface area contributed by atoms with Gasteiger partial charge in [0, 0.05) is 13.2 Å². The molecule has 0 bridgehead atoms. The van der Waals surface area contributed by atoms with Gasteiger partial charge in [-0.2, -0.15) is 0 Å². The maximum Gasteiger partial charge on any atom is 0.334 e. The van der Waals surface area contributed by atoms with Crippen molar-refractivity contribution >= 4 is 6.41 Å². The van der Waals surface area contributed by atoms with E-state index in [1.165, 1.54) is 12.2 Å². The fourth-order valence-electron chi connectivity index (χ4n) is 0.411. The average Bonchev–Trinajstić information content (AvgIpc) is 2.37. The molecule has 0 aromatic heterocycles. The first-order chi connectivity index (χ1) is 4.34. The number of carbonyl (C=O) groups excluding carboxylic acids is 1. The SMILES string of the molecule is CN([C]=O)N1C=CNO1. The van der Waals surface area contributed by atoms with Crippen molar-refractivity contribution in [3.05, 3.63) is 12.4 Å². The van der Waals surface area contributed by atoms with Crippen LogP contribution < -0.4 is 5.48 Å². The van der Waals surface area contributed by atoms with Gasteiger partial charge in [0.25, 0.3) is 0 Å². The lowest BCUT2D eigenvalue weighted by atomic mass is 10.9. The summed E-state index contributed by atoms with van der Waals surface area (Å²) < 4.78 is 0. The van der Waals surface area contributed by atoms with Crippen molar-refractivity contribution in [1.82, 2.24) is 15.7 Å². The van der Waals surface area contributed by atoms with Crippen LogP contribution in [-0.2, 0) is 9.73 Å². The van der Waals surface area contributed by atoms with E-state index in [1.54, 1.807) is 18.8 Å². The van der Waals surface area contributed by atoms with E-state index in [9.17, 15) is 4.79 Å².